The Morgan fingerprint density at radius 3 is 1.83 bits per heavy atom. The van der Waals surface area contributed by atoms with Crippen molar-refractivity contribution in [1.82, 2.24) is 0 Å². The van der Waals surface area contributed by atoms with E-state index < -0.39 is 0 Å². The SMILES string of the molecule is C=C(CCC)CC1CCC(C2CCC(CCCCC)CC2)CC1. The maximum absolute atomic E-state index is 4.29. The van der Waals surface area contributed by atoms with E-state index >= 15 is 0 Å². The van der Waals surface area contributed by atoms with Gasteiger partial charge in [-0.2, -0.15) is 0 Å². The summed E-state index contributed by atoms with van der Waals surface area (Å²) in [4.78, 5) is 0. The highest BCUT2D eigenvalue weighted by atomic mass is 14.4. The Hall–Kier alpha value is -0.260. The van der Waals surface area contributed by atoms with E-state index in [9.17, 15) is 0 Å². The van der Waals surface area contributed by atoms with Crippen LogP contribution in [0.3, 0.4) is 0 Å². The second-order valence-electron chi connectivity index (χ2n) is 8.76. The van der Waals surface area contributed by atoms with Gasteiger partial charge in [0, 0.05) is 0 Å². The molecule has 0 aliphatic heterocycles. The highest BCUT2D eigenvalue weighted by Crippen LogP contribution is 2.43. The Balaban J connectivity index is 1.62. The molecule has 0 bridgehead atoms. The number of hydrogen-bond acceptors (Lipinski definition) is 0. The van der Waals surface area contributed by atoms with Crippen LogP contribution in [0.5, 0.6) is 0 Å². The van der Waals surface area contributed by atoms with Crippen LogP contribution in [0.1, 0.15) is 110 Å². The van der Waals surface area contributed by atoms with Crippen molar-refractivity contribution in [3.05, 3.63) is 12.2 Å². The van der Waals surface area contributed by atoms with Gasteiger partial charge in [0.15, 0.2) is 0 Å². The molecule has 23 heavy (non-hydrogen) atoms. The molecule has 0 amide bonds. The largest absolute Gasteiger partial charge is 0.0999 e. The van der Waals surface area contributed by atoms with Crippen LogP contribution in [0.15, 0.2) is 12.2 Å². The van der Waals surface area contributed by atoms with Crippen molar-refractivity contribution in [2.75, 3.05) is 0 Å². The van der Waals surface area contributed by atoms with E-state index in [1.165, 1.54) is 76.2 Å². The molecule has 0 radical (unpaired) electrons. The highest BCUT2D eigenvalue weighted by Gasteiger charge is 2.30. The molecule has 0 spiro atoms. The van der Waals surface area contributed by atoms with Crippen molar-refractivity contribution < 1.29 is 0 Å². The molecule has 0 heteroatoms. The zero-order valence-corrected chi connectivity index (χ0v) is 16.1. The monoisotopic (exact) mass is 318 g/mol. The molecule has 0 heterocycles. The minimum atomic E-state index is 0.968. The van der Waals surface area contributed by atoms with Crippen molar-refractivity contribution in [3.63, 3.8) is 0 Å². The van der Waals surface area contributed by atoms with Crippen LogP contribution in [-0.2, 0) is 0 Å². The lowest BCUT2D eigenvalue weighted by Gasteiger charge is -2.38. The van der Waals surface area contributed by atoms with Gasteiger partial charge >= 0.3 is 0 Å². The van der Waals surface area contributed by atoms with Crippen LogP contribution in [0.2, 0.25) is 0 Å². The summed E-state index contributed by atoms with van der Waals surface area (Å²) in [6, 6.07) is 0. The van der Waals surface area contributed by atoms with Crippen molar-refractivity contribution in [3.8, 4) is 0 Å². The molecule has 0 unspecified atom stereocenters. The molecule has 0 nitrogen and oxygen atoms in total. The first-order chi connectivity index (χ1) is 11.2. The van der Waals surface area contributed by atoms with Crippen LogP contribution in [0.25, 0.3) is 0 Å². The number of hydrogen-bond donors (Lipinski definition) is 0. The smallest absolute Gasteiger partial charge is 0.0294 e. The van der Waals surface area contributed by atoms with E-state index in [1.807, 2.05) is 0 Å². The molecular formula is C23H42. The number of unbranched alkanes of at least 4 members (excludes halogenated alkanes) is 2. The van der Waals surface area contributed by atoms with Crippen LogP contribution in [0, 0.1) is 23.7 Å². The molecular weight excluding hydrogens is 276 g/mol. The molecule has 0 aromatic rings. The lowest BCUT2D eigenvalue weighted by molar-refractivity contribution is 0.142. The molecule has 2 rings (SSSR count). The molecule has 2 saturated carbocycles. The third-order valence-corrected chi connectivity index (χ3v) is 6.85. The fourth-order valence-electron chi connectivity index (χ4n) is 5.36. The van der Waals surface area contributed by atoms with Gasteiger partial charge in [-0.3, -0.25) is 0 Å². The lowest BCUT2D eigenvalue weighted by Crippen LogP contribution is -2.26. The average Bonchev–Trinajstić information content (AvgIpc) is 2.57. The molecule has 0 aromatic carbocycles. The van der Waals surface area contributed by atoms with Crippen molar-refractivity contribution in [2.24, 2.45) is 23.7 Å². The van der Waals surface area contributed by atoms with Gasteiger partial charge in [0.2, 0.25) is 0 Å². The third kappa shape index (κ3) is 6.63. The Morgan fingerprint density at radius 2 is 1.30 bits per heavy atom. The van der Waals surface area contributed by atoms with E-state index in [2.05, 4.69) is 20.4 Å². The Kier molecular flexibility index (Phi) is 8.77. The van der Waals surface area contributed by atoms with E-state index in [1.54, 1.807) is 25.7 Å². The Morgan fingerprint density at radius 1 is 0.739 bits per heavy atom. The van der Waals surface area contributed by atoms with Gasteiger partial charge in [0.25, 0.3) is 0 Å². The van der Waals surface area contributed by atoms with Crippen LogP contribution in [0.4, 0.5) is 0 Å². The highest BCUT2D eigenvalue weighted by molar-refractivity contribution is 4.96. The number of rotatable bonds is 9. The second kappa shape index (κ2) is 10.6. The van der Waals surface area contributed by atoms with Gasteiger partial charge in [0.1, 0.15) is 0 Å². The molecule has 2 aliphatic carbocycles. The maximum Gasteiger partial charge on any atom is -0.0294 e. The van der Waals surface area contributed by atoms with Gasteiger partial charge < -0.3 is 0 Å². The van der Waals surface area contributed by atoms with Gasteiger partial charge in [-0.25, -0.2) is 0 Å². The van der Waals surface area contributed by atoms with Crippen LogP contribution in [-0.4, -0.2) is 0 Å². The van der Waals surface area contributed by atoms with E-state index in [0.29, 0.717) is 0 Å². The predicted molar refractivity (Wildman–Crippen MR) is 104 cm³/mol. The fraction of sp³-hybridized carbons (Fsp3) is 0.913. The first kappa shape index (κ1) is 19.1. The number of allylic oxidation sites excluding steroid dienone is 1. The molecule has 2 fully saturated rings. The zero-order chi connectivity index (χ0) is 16.5. The van der Waals surface area contributed by atoms with Crippen LogP contribution >= 0.6 is 0 Å². The summed E-state index contributed by atoms with van der Waals surface area (Å²) in [5, 5.41) is 0. The van der Waals surface area contributed by atoms with Crippen molar-refractivity contribution >= 4 is 0 Å². The molecule has 134 valence electrons. The summed E-state index contributed by atoms with van der Waals surface area (Å²) >= 11 is 0. The summed E-state index contributed by atoms with van der Waals surface area (Å²) in [7, 11) is 0. The topological polar surface area (TPSA) is 0 Å². The Bertz CT molecular complexity index is 313. The van der Waals surface area contributed by atoms with E-state index in [-0.39, 0.29) is 0 Å². The molecule has 0 atom stereocenters. The van der Waals surface area contributed by atoms with Gasteiger partial charge in [0.05, 0.1) is 0 Å². The quantitative estimate of drug-likeness (QED) is 0.299. The maximum atomic E-state index is 4.29. The van der Waals surface area contributed by atoms with Crippen molar-refractivity contribution in [1.29, 1.82) is 0 Å². The fourth-order valence-corrected chi connectivity index (χ4v) is 5.36. The van der Waals surface area contributed by atoms with Gasteiger partial charge in [-0.1, -0.05) is 70.9 Å². The normalized spacial score (nSPS) is 31.9. The molecule has 0 N–H and O–H groups in total. The predicted octanol–water partition coefficient (Wildman–Crippen LogP) is 7.93. The summed E-state index contributed by atoms with van der Waals surface area (Å²) in [6.45, 7) is 8.89. The summed E-state index contributed by atoms with van der Waals surface area (Å²) in [5.74, 6) is 4.20. The minimum Gasteiger partial charge on any atom is -0.0999 e. The lowest BCUT2D eigenvalue weighted by atomic mass is 9.68. The Labute approximate surface area is 146 Å². The van der Waals surface area contributed by atoms with E-state index in [4.69, 9.17) is 0 Å². The second-order valence-corrected chi connectivity index (χ2v) is 8.76. The van der Waals surface area contributed by atoms with Gasteiger partial charge in [-0.15, -0.1) is 0 Å². The summed E-state index contributed by atoms with van der Waals surface area (Å²) < 4.78 is 0. The van der Waals surface area contributed by atoms with Gasteiger partial charge in [-0.05, 0) is 75.0 Å². The molecule has 0 aromatic heterocycles. The van der Waals surface area contributed by atoms with Crippen LogP contribution < -0.4 is 0 Å². The first-order valence-electron chi connectivity index (χ1n) is 10.9. The van der Waals surface area contributed by atoms with E-state index in [0.717, 1.165) is 23.7 Å². The average molecular weight is 319 g/mol. The minimum absolute atomic E-state index is 0.968. The molecule has 2 aliphatic rings. The summed E-state index contributed by atoms with van der Waals surface area (Å²) in [5.41, 5.74) is 1.52. The third-order valence-electron chi connectivity index (χ3n) is 6.85. The molecule has 0 saturated heterocycles. The standard InChI is InChI=1S/C23H42/c1-4-6-7-9-20-10-14-22(15-11-20)23-16-12-21(13-17-23)18-19(3)8-5-2/h20-23H,3-18H2,1-2H3. The van der Waals surface area contributed by atoms with Crippen molar-refractivity contribution in [2.45, 2.75) is 110 Å². The zero-order valence-electron chi connectivity index (χ0n) is 16.1. The first-order valence-corrected chi connectivity index (χ1v) is 10.9. The summed E-state index contributed by atoms with van der Waals surface area (Å²) in [6.07, 6.45) is 21.9.